The van der Waals surface area contributed by atoms with Gasteiger partial charge in [-0.3, -0.25) is 9.59 Å². The van der Waals surface area contributed by atoms with E-state index < -0.39 is 8.32 Å². The third-order valence-corrected chi connectivity index (χ3v) is 18.3. The predicted molar refractivity (Wildman–Crippen MR) is 257 cm³/mol. The molecule has 6 heteroatoms. The van der Waals surface area contributed by atoms with Gasteiger partial charge in [0.1, 0.15) is 0 Å². The monoisotopic (exact) mass is 847 g/mol. The number of rotatable bonds is 37. The topological polar surface area (TPSA) is 61.8 Å². The fraction of sp³-hybridized carbons (Fsp3) is 0.741. The number of unbranched alkanes of at least 4 members (excludes halogenated alkanes) is 24. The van der Waals surface area contributed by atoms with E-state index in [-0.39, 0.29) is 34.7 Å². The van der Waals surface area contributed by atoms with Crippen LogP contribution in [0.3, 0.4) is 0 Å². The van der Waals surface area contributed by atoms with Gasteiger partial charge in [0.15, 0.2) is 0 Å². The molecule has 0 saturated heterocycles. The van der Waals surface area contributed by atoms with Gasteiger partial charge in [0.2, 0.25) is 0 Å². The van der Waals surface area contributed by atoms with Crippen LogP contribution in [0.15, 0.2) is 60.7 Å². The van der Waals surface area contributed by atoms with E-state index in [9.17, 15) is 9.59 Å². The van der Waals surface area contributed by atoms with Crippen LogP contribution in [0.2, 0.25) is 5.04 Å². The third-order valence-electron chi connectivity index (χ3n) is 13.3. The molecule has 0 spiro atoms. The number of hydrogen-bond donors (Lipinski definition) is 0. The first-order valence-corrected chi connectivity index (χ1v) is 27.2. The van der Waals surface area contributed by atoms with Gasteiger partial charge < -0.3 is 13.9 Å². The summed E-state index contributed by atoms with van der Waals surface area (Å²) in [6.07, 6.45) is 34.4. The summed E-state index contributed by atoms with van der Waals surface area (Å²) in [4.78, 5) is 25.9. The largest absolute Gasteiger partial charge is 0.465 e. The summed E-state index contributed by atoms with van der Waals surface area (Å²) in [5.41, 5.74) is 0. The lowest BCUT2D eigenvalue weighted by molar-refractivity contribution is -0.146. The Morgan fingerprint density at radius 3 is 1.02 bits per heavy atom. The van der Waals surface area contributed by atoms with Gasteiger partial charge in [-0.2, -0.15) is 0 Å². The highest BCUT2D eigenvalue weighted by atomic mass is 28.4. The molecular weight excluding hydrogens is 757 g/mol. The molecular formula is C54H90O5Si. The molecule has 0 N–H and O–H groups in total. The standard InChI is InChI=1S/C54H90O5Si/c1-6-8-10-12-14-16-18-20-22-24-26-28-36-42-52(55)57-44-49-50(45-58-53(56)43-37-29-27-25-23-21-19-17-15-13-11-9-7-2)51(49)46-59-60(54(3,4)5,47-38-32-30-33-39-47)48-40-34-31-35-41-48/h30-35,38-41,49-51H,6-29,36-37,42-46H2,1-5H3/t49-,50+,51?. The zero-order valence-electron chi connectivity index (χ0n) is 39.5. The molecule has 0 aliphatic heterocycles. The van der Waals surface area contributed by atoms with Gasteiger partial charge in [0.05, 0.1) is 13.2 Å². The van der Waals surface area contributed by atoms with Crippen molar-refractivity contribution >= 4 is 30.6 Å². The quantitative estimate of drug-likeness (QED) is 0.0385. The van der Waals surface area contributed by atoms with Crippen LogP contribution < -0.4 is 10.4 Å². The first-order chi connectivity index (χ1) is 29.2. The molecule has 1 aliphatic carbocycles. The number of esters is 2. The molecule has 0 aromatic heterocycles. The molecule has 1 fully saturated rings. The Morgan fingerprint density at radius 2 is 0.717 bits per heavy atom. The summed E-state index contributed by atoms with van der Waals surface area (Å²) in [5.74, 6) is 0.218. The first-order valence-electron chi connectivity index (χ1n) is 25.3. The Hall–Kier alpha value is -2.44. The molecule has 0 radical (unpaired) electrons. The lowest BCUT2D eigenvalue weighted by Crippen LogP contribution is -2.66. The van der Waals surface area contributed by atoms with Crippen molar-refractivity contribution in [1.82, 2.24) is 0 Å². The van der Waals surface area contributed by atoms with E-state index in [1.54, 1.807) is 0 Å². The summed E-state index contributed by atoms with van der Waals surface area (Å²) in [6.45, 7) is 12.8. The Kier molecular flexibility index (Phi) is 27.2. The highest BCUT2D eigenvalue weighted by Gasteiger charge is 2.55. The van der Waals surface area contributed by atoms with E-state index in [1.807, 2.05) is 0 Å². The molecule has 1 aliphatic rings. The maximum absolute atomic E-state index is 12.9. The van der Waals surface area contributed by atoms with Crippen molar-refractivity contribution in [2.45, 2.75) is 219 Å². The van der Waals surface area contributed by atoms with Gasteiger partial charge in [-0.25, -0.2) is 0 Å². The highest BCUT2D eigenvalue weighted by molar-refractivity contribution is 6.99. The van der Waals surface area contributed by atoms with Crippen LogP contribution in [0, 0.1) is 17.8 Å². The fourth-order valence-electron chi connectivity index (χ4n) is 9.35. The van der Waals surface area contributed by atoms with Gasteiger partial charge >= 0.3 is 11.9 Å². The minimum atomic E-state index is -2.73. The Bertz CT molecular complexity index is 1270. The summed E-state index contributed by atoms with van der Waals surface area (Å²) in [5, 5.41) is 2.38. The first kappa shape index (κ1) is 51.9. The zero-order valence-corrected chi connectivity index (χ0v) is 40.5. The van der Waals surface area contributed by atoms with Crippen molar-refractivity contribution in [1.29, 1.82) is 0 Å². The molecule has 5 nitrogen and oxygen atoms in total. The summed E-state index contributed by atoms with van der Waals surface area (Å²) >= 11 is 0. The van der Waals surface area contributed by atoms with E-state index in [2.05, 4.69) is 95.3 Å². The highest BCUT2D eigenvalue weighted by Crippen LogP contribution is 2.48. The van der Waals surface area contributed by atoms with Crippen molar-refractivity contribution in [3.8, 4) is 0 Å². The molecule has 340 valence electrons. The average molecular weight is 847 g/mol. The fourth-order valence-corrected chi connectivity index (χ4v) is 13.9. The SMILES string of the molecule is CCCCCCCCCCCCCCCC(=O)OC[C@@H]1C(CO[Si](c2ccccc2)(c2ccccc2)C(C)(C)C)[C@@H]1COC(=O)CCCCCCCCCCCCCCC. The number of benzene rings is 2. The van der Waals surface area contributed by atoms with Crippen molar-refractivity contribution in [2.75, 3.05) is 19.8 Å². The zero-order chi connectivity index (χ0) is 43.2. The van der Waals surface area contributed by atoms with Crippen molar-refractivity contribution in [2.24, 2.45) is 17.8 Å². The van der Waals surface area contributed by atoms with Crippen LogP contribution in [0.25, 0.3) is 0 Å². The van der Waals surface area contributed by atoms with Crippen LogP contribution >= 0.6 is 0 Å². The Morgan fingerprint density at radius 1 is 0.433 bits per heavy atom. The van der Waals surface area contributed by atoms with Crippen LogP contribution in [0.1, 0.15) is 214 Å². The van der Waals surface area contributed by atoms with Crippen LogP contribution in [0.4, 0.5) is 0 Å². The third kappa shape index (κ3) is 20.2. The van der Waals surface area contributed by atoms with E-state index in [1.165, 1.54) is 152 Å². The molecule has 2 aromatic carbocycles. The smallest absolute Gasteiger partial charge is 0.305 e. The van der Waals surface area contributed by atoms with Crippen molar-refractivity contribution < 1.29 is 23.5 Å². The molecule has 60 heavy (non-hydrogen) atoms. The second-order valence-corrected chi connectivity index (χ2v) is 23.6. The molecule has 0 heterocycles. The molecule has 3 rings (SSSR count). The number of hydrogen-bond acceptors (Lipinski definition) is 5. The second-order valence-electron chi connectivity index (χ2n) is 19.3. The molecule has 0 amide bonds. The molecule has 2 aromatic rings. The van der Waals surface area contributed by atoms with Gasteiger partial charge in [-0.05, 0) is 34.2 Å². The van der Waals surface area contributed by atoms with E-state index >= 15 is 0 Å². The summed E-state index contributed by atoms with van der Waals surface area (Å²) in [6, 6.07) is 21.5. The maximum atomic E-state index is 12.9. The molecule has 3 atom stereocenters. The van der Waals surface area contributed by atoms with Crippen molar-refractivity contribution in [3.05, 3.63) is 60.7 Å². The maximum Gasteiger partial charge on any atom is 0.305 e. The van der Waals surface area contributed by atoms with Crippen LogP contribution in [-0.2, 0) is 23.5 Å². The minimum absolute atomic E-state index is 0.102. The van der Waals surface area contributed by atoms with Gasteiger partial charge in [-0.1, -0.05) is 249 Å². The van der Waals surface area contributed by atoms with Gasteiger partial charge in [-0.15, -0.1) is 0 Å². The predicted octanol–water partition coefficient (Wildman–Crippen LogP) is 14.5. The lowest BCUT2D eigenvalue weighted by atomic mass is 10.0. The Labute approximate surface area is 370 Å². The van der Waals surface area contributed by atoms with Crippen LogP contribution in [-0.4, -0.2) is 40.1 Å². The number of ether oxygens (including phenoxy) is 2. The van der Waals surface area contributed by atoms with Crippen LogP contribution in [0.5, 0.6) is 0 Å². The second kappa shape index (κ2) is 31.4. The van der Waals surface area contributed by atoms with Gasteiger partial charge in [0.25, 0.3) is 8.32 Å². The van der Waals surface area contributed by atoms with E-state index in [4.69, 9.17) is 13.9 Å². The number of carbonyl (C=O) groups excluding carboxylic acids is 2. The lowest BCUT2D eigenvalue weighted by Gasteiger charge is -2.43. The van der Waals surface area contributed by atoms with Crippen molar-refractivity contribution in [3.63, 3.8) is 0 Å². The van der Waals surface area contributed by atoms with Gasteiger partial charge in [0, 0.05) is 31.3 Å². The minimum Gasteiger partial charge on any atom is -0.465 e. The summed E-state index contributed by atoms with van der Waals surface area (Å²) in [7, 11) is -2.73. The average Bonchev–Trinajstić information content (AvgIpc) is 3.93. The molecule has 1 saturated carbocycles. The Balaban J connectivity index is 1.46. The van der Waals surface area contributed by atoms with E-state index in [0.717, 1.165) is 25.7 Å². The van der Waals surface area contributed by atoms with E-state index in [0.29, 0.717) is 32.7 Å². The number of carbonyl (C=O) groups is 2. The normalized spacial score (nSPS) is 16.5. The summed E-state index contributed by atoms with van der Waals surface area (Å²) < 4.78 is 19.2. The molecule has 0 bridgehead atoms. The molecule has 1 unspecified atom stereocenters.